The number of hydrogen-bond acceptors (Lipinski definition) is 3. The Morgan fingerprint density at radius 1 is 1.48 bits per heavy atom. The average molecular weight is 373 g/mol. The highest BCUT2D eigenvalue weighted by Crippen LogP contribution is 2.26. The topological polar surface area (TPSA) is 24.5 Å². The summed E-state index contributed by atoms with van der Waals surface area (Å²) < 4.78 is 18.4. The molecule has 3 nitrogen and oxygen atoms in total. The minimum absolute atomic E-state index is 0.0625. The number of halogens is 2. The van der Waals surface area contributed by atoms with Crippen LogP contribution in [0.25, 0.3) is 0 Å². The van der Waals surface area contributed by atoms with E-state index in [1.54, 1.807) is 24.5 Å². The van der Waals surface area contributed by atoms with Crippen LogP contribution in [-0.4, -0.2) is 30.3 Å². The van der Waals surface area contributed by atoms with Gasteiger partial charge in [0.05, 0.1) is 17.7 Å². The lowest BCUT2D eigenvalue weighted by Gasteiger charge is -2.31. The van der Waals surface area contributed by atoms with Crippen LogP contribution in [0.1, 0.15) is 17.8 Å². The molecule has 0 radical (unpaired) electrons. The number of rotatable bonds is 6. The van der Waals surface area contributed by atoms with E-state index in [9.17, 15) is 4.39 Å². The first kappa shape index (κ1) is 18.1. The Morgan fingerprint density at radius 3 is 2.87 bits per heavy atom. The number of thiophene rings is 1. The Balaban J connectivity index is 2.13. The summed E-state index contributed by atoms with van der Waals surface area (Å²) in [4.78, 5) is 3.25. The Hall–Kier alpha value is -1.21. The van der Waals surface area contributed by atoms with E-state index in [0.717, 1.165) is 0 Å². The SMILES string of the molecule is COCCN(C(=S)Nc1ccc(F)c(Cl)c1)[C@@H](C)c1cccs1. The van der Waals surface area contributed by atoms with Gasteiger partial charge in [-0.1, -0.05) is 17.7 Å². The van der Waals surface area contributed by atoms with Gasteiger partial charge in [-0.3, -0.25) is 0 Å². The normalized spacial score (nSPS) is 12.0. The average Bonchev–Trinajstić information content (AvgIpc) is 3.05. The van der Waals surface area contributed by atoms with Gasteiger partial charge in [0.15, 0.2) is 5.11 Å². The molecule has 0 saturated heterocycles. The van der Waals surface area contributed by atoms with E-state index in [1.165, 1.54) is 17.0 Å². The van der Waals surface area contributed by atoms with Crippen molar-refractivity contribution in [2.45, 2.75) is 13.0 Å². The molecule has 0 bridgehead atoms. The summed E-state index contributed by atoms with van der Waals surface area (Å²) in [7, 11) is 1.66. The van der Waals surface area contributed by atoms with Crippen LogP contribution in [0.5, 0.6) is 0 Å². The minimum atomic E-state index is -0.452. The minimum Gasteiger partial charge on any atom is -0.383 e. The molecular formula is C16H18ClFN2OS2. The molecule has 0 aliphatic heterocycles. The zero-order chi connectivity index (χ0) is 16.8. The molecule has 2 aromatic rings. The second kappa shape index (κ2) is 8.59. The molecule has 0 aliphatic carbocycles. The molecule has 0 amide bonds. The quantitative estimate of drug-likeness (QED) is 0.725. The standard InChI is InChI=1S/C16H18ClFN2OS2/c1-11(15-4-3-9-23-15)20(7-8-21-2)16(22)19-12-5-6-14(18)13(17)10-12/h3-6,9-11H,7-8H2,1-2H3,(H,19,22)/t11-/m0/s1. The fraction of sp³-hybridized carbons (Fsp3) is 0.312. The highest BCUT2D eigenvalue weighted by molar-refractivity contribution is 7.80. The van der Waals surface area contributed by atoms with Gasteiger partial charge in [-0.2, -0.15) is 0 Å². The second-order valence-electron chi connectivity index (χ2n) is 4.94. The van der Waals surface area contributed by atoms with Crippen molar-refractivity contribution in [1.82, 2.24) is 4.90 Å². The number of thiocarbonyl (C=S) groups is 1. The van der Waals surface area contributed by atoms with Gasteiger partial charge in [0, 0.05) is 24.2 Å². The van der Waals surface area contributed by atoms with Crippen LogP contribution < -0.4 is 5.32 Å². The van der Waals surface area contributed by atoms with E-state index in [4.69, 9.17) is 28.6 Å². The van der Waals surface area contributed by atoms with Crippen LogP contribution in [0, 0.1) is 5.82 Å². The third-order valence-electron chi connectivity index (χ3n) is 3.39. The maximum Gasteiger partial charge on any atom is 0.174 e. The first-order chi connectivity index (χ1) is 11.0. The van der Waals surface area contributed by atoms with Gasteiger partial charge in [-0.15, -0.1) is 11.3 Å². The van der Waals surface area contributed by atoms with Crippen molar-refractivity contribution in [1.29, 1.82) is 0 Å². The molecule has 1 atom stereocenters. The summed E-state index contributed by atoms with van der Waals surface area (Å²) in [5, 5.41) is 5.76. The highest BCUT2D eigenvalue weighted by atomic mass is 35.5. The van der Waals surface area contributed by atoms with Gasteiger partial charge in [-0.25, -0.2) is 4.39 Å². The number of anilines is 1. The van der Waals surface area contributed by atoms with Crippen LogP contribution in [0.4, 0.5) is 10.1 Å². The smallest absolute Gasteiger partial charge is 0.174 e. The lowest BCUT2D eigenvalue weighted by molar-refractivity contribution is 0.166. The van der Waals surface area contributed by atoms with Crippen LogP contribution in [0.15, 0.2) is 35.7 Å². The van der Waals surface area contributed by atoms with E-state index in [2.05, 4.69) is 18.3 Å². The molecule has 7 heteroatoms. The third kappa shape index (κ3) is 4.88. The van der Waals surface area contributed by atoms with Crippen molar-refractivity contribution in [3.8, 4) is 0 Å². The van der Waals surface area contributed by atoms with Crippen LogP contribution in [-0.2, 0) is 4.74 Å². The van der Waals surface area contributed by atoms with Crippen molar-refractivity contribution in [3.63, 3.8) is 0 Å². The van der Waals surface area contributed by atoms with Crippen molar-refractivity contribution >= 4 is 46.0 Å². The number of methoxy groups -OCH3 is 1. The molecule has 124 valence electrons. The fourth-order valence-electron chi connectivity index (χ4n) is 2.11. The molecule has 0 fully saturated rings. The molecule has 0 saturated carbocycles. The van der Waals surface area contributed by atoms with Gasteiger partial charge in [0.1, 0.15) is 5.82 Å². The Morgan fingerprint density at radius 2 is 2.26 bits per heavy atom. The zero-order valence-corrected chi connectivity index (χ0v) is 15.3. The van der Waals surface area contributed by atoms with Gasteiger partial charge in [0.25, 0.3) is 0 Å². The van der Waals surface area contributed by atoms with E-state index in [1.807, 2.05) is 16.3 Å². The zero-order valence-electron chi connectivity index (χ0n) is 12.9. The first-order valence-electron chi connectivity index (χ1n) is 7.08. The number of hydrogen-bond donors (Lipinski definition) is 1. The molecule has 2 rings (SSSR count). The lowest BCUT2D eigenvalue weighted by Crippen LogP contribution is -2.38. The lowest BCUT2D eigenvalue weighted by atomic mass is 10.2. The molecular weight excluding hydrogens is 355 g/mol. The number of nitrogens with zero attached hydrogens (tertiary/aromatic N) is 1. The van der Waals surface area contributed by atoms with Crippen molar-refractivity contribution in [2.75, 3.05) is 25.6 Å². The molecule has 0 unspecified atom stereocenters. The number of nitrogens with one attached hydrogen (secondary N) is 1. The van der Waals surface area contributed by atoms with Crippen LogP contribution >= 0.6 is 35.2 Å². The second-order valence-corrected chi connectivity index (χ2v) is 6.71. The van der Waals surface area contributed by atoms with Gasteiger partial charge in [0.2, 0.25) is 0 Å². The largest absolute Gasteiger partial charge is 0.383 e. The summed E-state index contributed by atoms with van der Waals surface area (Å²) in [6.45, 7) is 3.30. The van der Waals surface area contributed by atoms with Gasteiger partial charge < -0.3 is 15.0 Å². The van der Waals surface area contributed by atoms with Gasteiger partial charge in [-0.05, 0) is 48.8 Å². The monoisotopic (exact) mass is 372 g/mol. The predicted molar refractivity (Wildman–Crippen MR) is 98.9 cm³/mol. The Labute approximate surface area is 150 Å². The van der Waals surface area contributed by atoms with Gasteiger partial charge >= 0.3 is 0 Å². The molecule has 1 aromatic carbocycles. The van der Waals surface area contributed by atoms with Crippen LogP contribution in [0.3, 0.4) is 0 Å². The summed E-state index contributed by atoms with van der Waals surface area (Å²) >= 11 is 13.0. The maximum atomic E-state index is 13.3. The number of ether oxygens (including phenoxy) is 1. The predicted octanol–water partition coefficient (Wildman–Crippen LogP) is 4.95. The van der Waals surface area contributed by atoms with Crippen molar-refractivity contribution in [2.24, 2.45) is 0 Å². The van der Waals surface area contributed by atoms with E-state index < -0.39 is 5.82 Å². The third-order valence-corrected chi connectivity index (χ3v) is 5.06. The number of benzene rings is 1. The fourth-order valence-corrected chi connectivity index (χ4v) is 3.46. The van der Waals surface area contributed by atoms with E-state index in [0.29, 0.717) is 24.0 Å². The van der Waals surface area contributed by atoms with Crippen LogP contribution in [0.2, 0.25) is 5.02 Å². The highest BCUT2D eigenvalue weighted by Gasteiger charge is 2.19. The van der Waals surface area contributed by atoms with E-state index >= 15 is 0 Å². The van der Waals surface area contributed by atoms with Crippen molar-refractivity contribution < 1.29 is 9.13 Å². The molecule has 1 N–H and O–H groups in total. The van der Waals surface area contributed by atoms with E-state index in [-0.39, 0.29) is 11.1 Å². The maximum absolute atomic E-state index is 13.3. The summed E-state index contributed by atoms with van der Waals surface area (Å²) in [5.74, 6) is -0.452. The summed E-state index contributed by atoms with van der Waals surface area (Å²) in [6.07, 6.45) is 0. The molecule has 1 aromatic heterocycles. The first-order valence-corrected chi connectivity index (χ1v) is 8.74. The van der Waals surface area contributed by atoms with Crippen molar-refractivity contribution in [3.05, 3.63) is 51.4 Å². The molecule has 0 spiro atoms. The summed E-state index contributed by atoms with van der Waals surface area (Å²) in [5.41, 5.74) is 0.655. The molecule has 23 heavy (non-hydrogen) atoms. The Bertz CT molecular complexity index is 652. The molecule has 0 aliphatic rings. The Kier molecular flexibility index (Phi) is 6.77. The molecule has 1 heterocycles. The summed E-state index contributed by atoms with van der Waals surface area (Å²) in [6, 6.07) is 8.65.